The molecule has 6 heteroatoms. The van der Waals surface area contributed by atoms with Crippen molar-refractivity contribution in [2.45, 2.75) is 30.7 Å². The zero-order valence-electron chi connectivity index (χ0n) is 10.1. The lowest BCUT2D eigenvalue weighted by atomic mass is 9.98. The molecule has 0 amide bonds. The Labute approximate surface area is 95.4 Å². The third-order valence-corrected chi connectivity index (χ3v) is 2.82. The second-order valence-electron chi connectivity index (χ2n) is 3.56. The standard InChI is InChI=1S/C10H20O6/c1-12-7-6(5-11)16-10(15-4)9(14-3)8(7)13-2/h6-11H,5H2,1-4H3/t6-,7+,8+,9-,10?/m1/s1. The van der Waals surface area contributed by atoms with E-state index in [9.17, 15) is 5.11 Å². The summed E-state index contributed by atoms with van der Waals surface area (Å²) in [6, 6.07) is 0. The number of ether oxygens (including phenoxy) is 5. The predicted octanol–water partition coefficient (Wildman–Crippen LogP) is -0.605. The summed E-state index contributed by atoms with van der Waals surface area (Å²) in [4.78, 5) is 0. The molecule has 1 rings (SSSR count). The second-order valence-corrected chi connectivity index (χ2v) is 3.56. The minimum Gasteiger partial charge on any atom is -0.394 e. The summed E-state index contributed by atoms with van der Waals surface area (Å²) in [5.41, 5.74) is 0. The van der Waals surface area contributed by atoms with Gasteiger partial charge in [-0.05, 0) is 0 Å². The van der Waals surface area contributed by atoms with E-state index in [0.717, 1.165) is 0 Å². The average molecular weight is 236 g/mol. The van der Waals surface area contributed by atoms with Gasteiger partial charge in [-0.15, -0.1) is 0 Å². The molecule has 0 aromatic carbocycles. The van der Waals surface area contributed by atoms with Crippen LogP contribution in [0.3, 0.4) is 0 Å². The van der Waals surface area contributed by atoms with Gasteiger partial charge in [-0.3, -0.25) is 0 Å². The van der Waals surface area contributed by atoms with Crippen molar-refractivity contribution in [3.05, 3.63) is 0 Å². The fourth-order valence-corrected chi connectivity index (χ4v) is 2.02. The van der Waals surface area contributed by atoms with Crippen LogP contribution < -0.4 is 0 Å². The Morgan fingerprint density at radius 1 is 0.875 bits per heavy atom. The molecule has 0 saturated carbocycles. The Balaban J connectivity index is 2.85. The smallest absolute Gasteiger partial charge is 0.186 e. The van der Waals surface area contributed by atoms with Crippen LogP contribution in [-0.2, 0) is 23.7 Å². The minimum absolute atomic E-state index is 0.158. The van der Waals surface area contributed by atoms with Crippen molar-refractivity contribution in [3.8, 4) is 0 Å². The molecule has 0 aromatic rings. The second kappa shape index (κ2) is 6.48. The molecule has 0 spiro atoms. The topological polar surface area (TPSA) is 66.4 Å². The first-order valence-corrected chi connectivity index (χ1v) is 5.11. The molecule has 1 N–H and O–H groups in total. The Morgan fingerprint density at radius 2 is 1.44 bits per heavy atom. The Morgan fingerprint density at radius 3 is 1.81 bits per heavy atom. The highest BCUT2D eigenvalue weighted by Gasteiger charge is 2.46. The molecule has 0 aliphatic carbocycles. The van der Waals surface area contributed by atoms with Crippen LogP contribution in [0, 0.1) is 0 Å². The molecule has 1 aliphatic rings. The van der Waals surface area contributed by atoms with E-state index in [0.29, 0.717) is 0 Å². The summed E-state index contributed by atoms with van der Waals surface area (Å²) in [5, 5.41) is 9.22. The van der Waals surface area contributed by atoms with Crippen LogP contribution in [0.25, 0.3) is 0 Å². The maximum Gasteiger partial charge on any atom is 0.186 e. The van der Waals surface area contributed by atoms with Gasteiger partial charge in [-0.1, -0.05) is 0 Å². The van der Waals surface area contributed by atoms with Crippen molar-refractivity contribution < 1.29 is 28.8 Å². The molecule has 0 aromatic heterocycles. The molecule has 1 saturated heterocycles. The molecule has 5 atom stereocenters. The highest BCUT2D eigenvalue weighted by atomic mass is 16.7. The zero-order chi connectivity index (χ0) is 12.1. The zero-order valence-corrected chi connectivity index (χ0v) is 10.1. The molecular weight excluding hydrogens is 216 g/mol. The van der Waals surface area contributed by atoms with Crippen molar-refractivity contribution >= 4 is 0 Å². The highest BCUT2D eigenvalue weighted by molar-refractivity contribution is 4.91. The molecule has 0 radical (unpaired) electrons. The van der Waals surface area contributed by atoms with Gasteiger partial charge < -0.3 is 28.8 Å². The molecule has 16 heavy (non-hydrogen) atoms. The van der Waals surface area contributed by atoms with Crippen LogP contribution in [-0.4, -0.2) is 70.9 Å². The van der Waals surface area contributed by atoms with Crippen LogP contribution in [0.1, 0.15) is 0 Å². The van der Waals surface area contributed by atoms with Gasteiger partial charge in [0.25, 0.3) is 0 Å². The van der Waals surface area contributed by atoms with E-state index in [2.05, 4.69) is 0 Å². The Bertz CT molecular complexity index is 182. The summed E-state index contributed by atoms with van der Waals surface area (Å²) in [7, 11) is 6.18. The average Bonchev–Trinajstić information content (AvgIpc) is 2.35. The molecule has 1 aliphatic heterocycles. The fraction of sp³-hybridized carbons (Fsp3) is 1.00. The van der Waals surface area contributed by atoms with Crippen molar-refractivity contribution in [2.24, 2.45) is 0 Å². The van der Waals surface area contributed by atoms with Crippen LogP contribution in [0.5, 0.6) is 0 Å². The molecule has 1 fully saturated rings. The lowest BCUT2D eigenvalue weighted by Crippen LogP contribution is -2.60. The Hall–Kier alpha value is -0.240. The maximum atomic E-state index is 9.22. The van der Waals surface area contributed by atoms with Crippen molar-refractivity contribution in [1.82, 2.24) is 0 Å². The van der Waals surface area contributed by atoms with Gasteiger partial charge in [0, 0.05) is 28.4 Å². The van der Waals surface area contributed by atoms with E-state index in [-0.39, 0.29) is 24.9 Å². The van der Waals surface area contributed by atoms with Gasteiger partial charge in [0.2, 0.25) is 0 Å². The minimum atomic E-state index is -0.571. The maximum absolute atomic E-state index is 9.22. The fourth-order valence-electron chi connectivity index (χ4n) is 2.02. The first-order chi connectivity index (χ1) is 7.73. The van der Waals surface area contributed by atoms with E-state index in [1.165, 1.54) is 7.11 Å². The first kappa shape index (κ1) is 13.8. The lowest BCUT2D eigenvalue weighted by Gasteiger charge is -2.43. The molecule has 0 bridgehead atoms. The van der Waals surface area contributed by atoms with Crippen molar-refractivity contribution in [1.29, 1.82) is 0 Å². The molecule has 96 valence electrons. The van der Waals surface area contributed by atoms with Gasteiger partial charge in [0.1, 0.15) is 24.4 Å². The lowest BCUT2D eigenvalue weighted by molar-refractivity contribution is -0.306. The summed E-state index contributed by atoms with van der Waals surface area (Å²) in [5.74, 6) is 0. The van der Waals surface area contributed by atoms with E-state index in [1.54, 1.807) is 21.3 Å². The van der Waals surface area contributed by atoms with Gasteiger partial charge >= 0.3 is 0 Å². The van der Waals surface area contributed by atoms with E-state index >= 15 is 0 Å². The third kappa shape index (κ3) is 2.53. The van der Waals surface area contributed by atoms with Crippen molar-refractivity contribution in [3.63, 3.8) is 0 Å². The summed E-state index contributed by atoms with van der Waals surface area (Å²) in [6.07, 6.45) is -2.16. The van der Waals surface area contributed by atoms with Gasteiger partial charge in [-0.25, -0.2) is 0 Å². The SMILES string of the molecule is COC1O[C@H](CO)[C@H](OC)[C@H](OC)[C@H]1OC. The van der Waals surface area contributed by atoms with Gasteiger partial charge in [-0.2, -0.15) is 0 Å². The normalized spacial score (nSPS) is 39.9. The van der Waals surface area contributed by atoms with Crippen LogP contribution in [0.15, 0.2) is 0 Å². The largest absolute Gasteiger partial charge is 0.394 e. The number of aliphatic hydroxyl groups is 1. The van der Waals surface area contributed by atoms with Gasteiger partial charge in [0.05, 0.1) is 6.61 Å². The number of hydrogen-bond acceptors (Lipinski definition) is 6. The first-order valence-electron chi connectivity index (χ1n) is 5.11. The monoisotopic (exact) mass is 236 g/mol. The summed E-state index contributed by atoms with van der Waals surface area (Å²) in [6.45, 7) is -0.158. The van der Waals surface area contributed by atoms with Crippen LogP contribution in [0.2, 0.25) is 0 Å². The number of hydrogen-bond donors (Lipinski definition) is 1. The Kier molecular flexibility index (Phi) is 5.60. The summed E-state index contributed by atoms with van der Waals surface area (Å²) >= 11 is 0. The molecular formula is C10H20O6. The quantitative estimate of drug-likeness (QED) is 0.687. The van der Waals surface area contributed by atoms with Crippen molar-refractivity contribution in [2.75, 3.05) is 35.0 Å². The van der Waals surface area contributed by atoms with E-state index in [1.807, 2.05) is 0 Å². The van der Waals surface area contributed by atoms with Gasteiger partial charge in [0.15, 0.2) is 6.29 Å². The molecule has 1 unspecified atom stereocenters. The molecule has 1 heterocycles. The van der Waals surface area contributed by atoms with Crippen LogP contribution in [0.4, 0.5) is 0 Å². The predicted molar refractivity (Wildman–Crippen MR) is 55.1 cm³/mol. The van der Waals surface area contributed by atoms with Crippen LogP contribution >= 0.6 is 0 Å². The number of aliphatic hydroxyl groups excluding tert-OH is 1. The van der Waals surface area contributed by atoms with E-state index in [4.69, 9.17) is 23.7 Å². The number of methoxy groups -OCH3 is 4. The number of rotatable bonds is 5. The third-order valence-electron chi connectivity index (χ3n) is 2.82. The highest BCUT2D eigenvalue weighted by Crippen LogP contribution is 2.27. The molecule has 6 nitrogen and oxygen atoms in total. The van der Waals surface area contributed by atoms with E-state index < -0.39 is 12.4 Å². The summed E-state index contributed by atoms with van der Waals surface area (Å²) < 4.78 is 26.6.